The van der Waals surface area contributed by atoms with Gasteiger partial charge in [0.1, 0.15) is 0 Å². The molecule has 0 saturated carbocycles. The molecular formula is C22H22N4O3. The van der Waals surface area contributed by atoms with E-state index in [0.29, 0.717) is 37.7 Å². The van der Waals surface area contributed by atoms with Gasteiger partial charge in [0.05, 0.1) is 11.1 Å². The van der Waals surface area contributed by atoms with E-state index in [4.69, 9.17) is 0 Å². The Morgan fingerprint density at radius 2 is 1.90 bits per heavy atom. The molecule has 1 aliphatic rings. The van der Waals surface area contributed by atoms with E-state index in [-0.39, 0.29) is 17.4 Å². The third-order valence-electron chi connectivity index (χ3n) is 5.39. The van der Waals surface area contributed by atoms with Gasteiger partial charge in [0, 0.05) is 36.5 Å². The Kier molecular flexibility index (Phi) is 5.37. The highest BCUT2D eigenvalue weighted by Crippen LogP contribution is 2.21. The molecule has 0 spiro atoms. The number of benzene rings is 2. The van der Waals surface area contributed by atoms with E-state index >= 15 is 0 Å². The van der Waals surface area contributed by atoms with Crippen LogP contribution in [0.25, 0.3) is 10.8 Å². The van der Waals surface area contributed by atoms with Crippen LogP contribution in [0.2, 0.25) is 0 Å². The average molecular weight is 390 g/mol. The quantitative estimate of drug-likeness (QED) is 0.654. The van der Waals surface area contributed by atoms with Crippen molar-refractivity contribution in [2.45, 2.75) is 19.3 Å². The largest absolute Gasteiger partial charge is 0.345 e. The van der Waals surface area contributed by atoms with Gasteiger partial charge in [-0.25, -0.2) is 5.10 Å². The summed E-state index contributed by atoms with van der Waals surface area (Å²) in [5.74, 6) is -0.0972. The fourth-order valence-electron chi connectivity index (χ4n) is 3.77. The van der Waals surface area contributed by atoms with Crippen LogP contribution in [0.5, 0.6) is 0 Å². The molecule has 0 atom stereocenters. The van der Waals surface area contributed by atoms with Gasteiger partial charge in [-0.15, -0.1) is 0 Å². The van der Waals surface area contributed by atoms with Gasteiger partial charge in [-0.3, -0.25) is 14.4 Å². The molecule has 1 aromatic heterocycles. The Hall–Kier alpha value is -3.48. The Bertz CT molecular complexity index is 1100. The van der Waals surface area contributed by atoms with Crippen molar-refractivity contribution in [3.63, 3.8) is 0 Å². The number of hydrogen-bond acceptors (Lipinski definition) is 4. The molecule has 1 fully saturated rings. The van der Waals surface area contributed by atoms with Crippen molar-refractivity contribution < 1.29 is 9.59 Å². The van der Waals surface area contributed by atoms with Gasteiger partial charge in [-0.1, -0.05) is 30.3 Å². The maximum absolute atomic E-state index is 12.6. The smallest absolute Gasteiger partial charge is 0.272 e. The first-order chi connectivity index (χ1) is 14.1. The maximum atomic E-state index is 12.6. The van der Waals surface area contributed by atoms with Crippen molar-refractivity contribution in [1.82, 2.24) is 15.1 Å². The van der Waals surface area contributed by atoms with Crippen molar-refractivity contribution >= 4 is 28.8 Å². The predicted molar refractivity (Wildman–Crippen MR) is 111 cm³/mol. The number of carbonyl (C=O) groups is 2. The summed E-state index contributed by atoms with van der Waals surface area (Å²) in [4.78, 5) is 37.1. The molecule has 7 nitrogen and oxygen atoms in total. The predicted octanol–water partition coefficient (Wildman–Crippen LogP) is 2.32. The first-order valence-electron chi connectivity index (χ1n) is 9.69. The van der Waals surface area contributed by atoms with E-state index in [1.54, 1.807) is 11.0 Å². The molecule has 0 radical (unpaired) electrons. The minimum Gasteiger partial charge on any atom is -0.345 e. The molecule has 0 unspecified atom stereocenters. The zero-order valence-electron chi connectivity index (χ0n) is 15.9. The van der Waals surface area contributed by atoms with Gasteiger partial charge in [-0.2, -0.15) is 5.10 Å². The van der Waals surface area contributed by atoms with Crippen molar-refractivity contribution in [1.29, 1.82) is 0 Å². The SMILES string of the molecule is O=CN1CCC(C(=O)Nc2cccc(Cc3n[nH]c(=O)c4ccccc34)c2)CC1. The standard InChI is InChI=1S/C22H22N4O3/c27-14-26-10-8-16(9-11-26)21(28)23-17-5-3-4-15(12-17)13-20-18-6-1-2-7-19(18)22(29)25-24-20/h1-7,12,14,16H,8-11,13H2,(H,23,28)(H,25,29). The molecule has 7 heteroatoms. The summed E-state index contributed by atoms with van der Waals surface area (Å²) in [6, 6.07) is 15.1. The normalized spacial score (nSPS) is 14.7. The molecule has 2 N–H and O–H groups in total. The van der Waals surface area contributed by atoms with Gasteiger partial charge in [0.15, 0.2) is 0 Å². The number of aromatic amines is 1. The van der Waals surface area contributed by atoms with E-state index in [0.717, 1.165) is 28.7 Å². The van der Waals surface area contributed by atoms with Gasteiger partial charge in [0.2, 0.25) is 12.3 Å². The number of fused-ring (bicyclic) bond motifs is 1. The molecule has 3 aromatic rings. The number of nitrogens with one attached hydrogen (secondary N) is 2. The molecule has 1 aliphatic heterocycles. The topological polar surface area (TPSA) is 95.2 Å². The first kappa shape index (κ1) is 18.9. The number of amides is 2. The van der Waals surface area contributed by atoms with Gasteiger partial charge in [-0.05, 0) is 36.6 Å². The molecular weight excluding hydrogens is 368 g/mol. The van der Waals surface area contributed by atoms with Crippen LogP contribution in [0, 0.1) is 5.92 Å². The lowest BCUT2D eigenvalue weighted by Crippen LogP contribution is -2.37. The van der Waals surface area contributed by atoms with Gasteiger partial charge < -0.3 is 10.2 Å². The summed E-state index contributed by atoms with van der Waals surface area (Å²) in [6.07, 6.45) is 2.74. The lowest BCUT2D eigenvalue weighted by atomic mass is 9.96. The molecule has 1 saturated heterocycles. The number of nitrogens with zero attached hydrogens (tertiary/aromatic N) is 2. The van der Waals surface area contributed by atoms with E-state index < -0.39 is 0 Å². The Morgan fingerprint density at radius 3 is 2.66 bits per heavy atom. The molecule has 2 heterocycles. The lowest BCUT2D eigenvalue weighted by Gasteiger charge is -2.28. The van der Waals surface area contributed by atoms with Crippen LogP contribution in [0.4, 0.5) is 5.69 Å². The van der Waals surface area contributed by atoms with Crippen LogP contribution in [-0.4, -0.2) is 40.5 Å². The van der Waals surface area contributed by atoms with Crippen molar-refractivity contribution in [3.05, 3.63) is 70.1 Å². The highest BCUT2D eigenvalue weighted by molar-refractivity contribution is 5.92. The Labute approximate surface area is 167 Å². The minimum absolute atomic E-state index is 0.0136. The van der Waals surface area contributed by atoms with Crippen LogP contribution >= 0.6 is 0 Å². The van der Waals surface area contributed by atoms with Crippen molar-refractivity contribution in [3.8, 4) is 0 Å². The van der Waals surface area contributed by atoms with E-state index in [2.05, 4.69) is 15.5 Å². The third kappa shape index (κ3) is 4.18. The number of aromatic nitrogens is 2. The summed E-state index contributed by atoms with van der Waals surface area (Å²) in [7, 11) is 0. The highest BCUT2D eigenvalue weighted by Gasteiger charge is 2.24. The number of hydrogen-bond donors (Lipinski definition) is 2. The van der Waals surface area contributed by atoms with E-state index in [1.807, 2.05) is 42.5 Å². The van der Waals surface area contributed by atoms with Crippen LogP contribution in [0.15, 0.2) is 53.3 Å². The minimum atomic E-state index is -0.203. The fraction of sp³-hybridized carbons (Fsp3) is 0.273. The number of carbonyl (C=O) groups excluding carboxylic acids is 2. The zero-order valence-corrected chi connectivity index (χ0v) is 15.9. The molecule has 0 bridgehead atoms. The lowest BCUT2D eigenvalue weighted by molar-refractivity contribution is -0.125. The number of rotatable bonds is 5. The van der Waals surface area contributed by atoms with Crippen molar-refractivity contribution in [2.24, 2.45) is 5.92 Å². The first-order valence-corrected chi connectivity index (χ1v) is 9.69. The number of anilines is 1. The molecule has 4 rings (SSSR count). The second-order valence-corrected chi connectivity index (χ2v) is 7.33. The van der Waals surface area contributed by atoms with Crippen molar-refractivity contribution in [2.75, 3.05) is 18.4 Å². The average Bonchev–Trinajstić information content (AvgIpc) is 2.76. The fourth-order valence-corrected chi connectivity index (χ4v) is 3.77. The molecule has 29 heavy (non-hydrogen) atoms. The van der Waals surface area contributed by atoms with Crippen LogP contribution in [-0.2, 0) is 16.0 Å². The number of piperidine rings is 1. The summed E-state index contributed by atoms with van der Waals surface area (Å²) in [5, 5.41) is 11.2. The van der Waals surface area contributed by atoms with Gasteiger partial charge >= 0.3 is 0 Å². The molecule has 2 aromatic carbocycles. The molecule has 0 aliphatic carbocycles. The third-order valence-corrected chi connectivity index (χ3v) is 5.39. The summed E-state index contributed by atoms with van der Waals surface area (Å²) < 4.78 is 0. The molecule has 2 amide bonds. The van der Waals surface area contributed by atoms with Crippen LogP contribution < -0.4 is 10.9 Å². The Morgan fingerprint density at radius 1 is 1.14 bits per heavy atom. The number of likely N-dealkylation sites (tertiary alicyclic amines) is 1. The van der Waals surface area contributed by atoms with E-state index in [9.17, 15) is 14.4 Å². The molecule has 148 valence electrons. The monoisotopic (exact) mass is 390 g/mol. The summed E-state index contributed by atoms with van der Waals surface area (Å²) >= 11 is 0. The summed E-state index contributed by atoms with van der Waals surface area (Å²) in [5.41, 5.74) is 2.30. The summed E-state index contributed by atoms with van der Waals surface area (Å²) in [6.45, 7) is 1.24. The van der Waals surface area contributed by atoms with Gasteiger partial charge in [0.25, 0.3) is 5.56 Å². The number of H-pyrrole nitrogens is 1. The van der Waals surface area contributed by atoms with Crippen LogP contribution in [0.1, 0.15) is 24.1 Å². The Balaban J connectivity index is 1.48. The second kappa shape index (κ2) is 8.26. The highest BCUT2D eigenvalue weighted by atomic mass is 16.2. The second-order valence-electron chi connectivity index (χ2n) is 7.33. The maximum Gasteiger partial charge on any atom is 0.272 e. The zero-order chi connectivity index (χ0) is 20.2. The van der Waals surface area contributed by atoms with E-state index in [1.165, 1.54) is 0 Å². The van der Waals surface area contributed by atoms with Crippen LogP contribution in [0.3, 0.4) is 0 Å².